The second kappa shape index (κ2) is 7.10. The van der Waals surface area contributed by atoms with Gasteiger partial charge in [-0.25, -0.2) is 0 Å². The van der Waals surface area contributed by atoms with Crippen LogP contribution in [0.4, 0.5) is 0 Å². The average Bonchev–Trinajstić information content (AvgIpc) is 2.27. The van der Waals surface area contributed by atoms with E-state index in [1.165, 1.54) is 0 Å². The standard InChI is InChI=1S/C13H18ClNO2.ClH/c1-9(15-13(2,3)8-16)12(17)10-5-4-6-11(14)7-10;/h4-7,9,15-16H,8H2,1-3H3;1H. The molecule has 0 aliphatic carbocycles. The van der Waals surface area contributed by atoms with Crippen LogP contribution < -0.4 is 5.32 Å². The summed E-state index contributed by atoms with van der Waals surface area (Å²) in [5, 5.41) is 12.8. The zero-order chi connectivity index (χ0) is 13.1. The maximum atomic E-state index is 12.1. The normalized spacial score (nSPS) is 12.7. The van der Waals surface area contributed by atoms with Crippen molar-refractivity contribution in [2.75, 3.05) is 6.61 Å². The predicted octanol–water partition coefficient (Wildman–Crippen LogP) is 2.69. The van der Waals surface area contributed by atoms with Crippen molar-refractivity contribution in [2.45, 2.75) is 32.4 Å². The van der Waals surface area contributed by atoms with E-state index in [0.29, 0.717) is 10.6 Å². The Labute approximate surface area is 119 Å². The van der Waals surface area contributed by atoms with Gasteiger partial charge in [0, 0.05) is 16.1 Å². The summed E-state index contributed by atoms with van der Waals surface area (Å²) in [6, 6.07) is 6.50. The highest BCUT2D eigenvalue weighted by molar-refractivity contribution is 6.31. The van der Waals surface area contributed by atoms with Gasteiger partial charge in [-0.3, -0.25) is 4.79 Å². The monoisotopic (exact) mass is 291 g/mol. The molecule has 0 aliphatic rings. The van der Waals surface area contributed by atoms with Crippen molar-refractivity contribution in [3.63, 3.8) is 0 Å². The number of Topliss-reactive ketones (excluding diaryl/α,β-unsaturated/α-hetero) is 1. The predicted molar refractivity (Wildman–Crippen MR) is 76.8 cm³/mol. The average molecular weight is 292 g/mol. The molecule has 0 saturated heterocycles. The highest BCUT2D eigenvalue weighted by atomic mass is 35.5. The van der Waals surface area contributed by atoms with Gasteiger partial charge in [-0.2, -0.15) is 0 Å². The molecule has 0 fully saturated rings. The minimum absolute atomic E-state index is 0. The van der Waals surface area contributed by atoms with Crippen molar-refractivity contribution >= 4 is 29.8 Å². The third-order valence-electron chi connectivity index (χ3n) is 2.50. The van der Waals surface area contributed by atoms with Gasteiger partial charge in [0.2, 0.25) is 0 Å². The fourth-order valence-electron chi connectivity index (χ4n) is 1.59. The van der Waals surface area contributed by atoms with Gasteiger partial charge < -0.3 is 10.4 Å². The molecule has 0 bridgehead atoms. The number of carbonyl (C=O) groups is 1. The van der Waals surface area contributed by atoms with Gasteiger partial charge in [-0.15, -0.1) is 12.4 Å². The number of aliphatic hydroxyl groups is 1. The van der Waals surface area contributed by atoms with Crippen LogP contribution in [0.15, 0.2) is 24.3 Å². The highest BCUT2D eigenvalue weighted by Crippen LogP contribution is 2.13. The van der Waals surface area contributed by atoms with Gasteiger partial charge in [0.25, 0.3) is 0 Å². The second-order valence-corrected chi connectivity index (χ2v) is 5.22. The SMILES string of the molecule is CC(NC(C)(C)CO)C(=O)c1cccc(Cl)c1.Cl. The van der Waals surface area contributed by atoms with Crippen molar-refractivity contribution in [1.82, 2.24) is 5.32 Å². The van der Waals surface area contributed by atoms with E-state index in [0.717, 1.165) is 0 Å². The maximum Gasteiger partial charge on any atom is 0.179 e. The molecule has 1 aromatic carbocycles. The summed E-state index contributed by atoms with van der Waals surface area (Å²) in [7, 11) is 0. The Morgan fingerprint density at radius 3 is 2.61 bits per heavy atom. The van der Waals surface area contributed by atoms with E-state index >= 15 is 0 Å². The lowest BCUT2D eigenvalue weighted by atomic mass is 10.0. The molecule has 1 rings (SSSR count). The van der Waals surface area contributed by atoms with Gasteiger partial charge in [0.05, 0.1) is 12.6 Å². The Hall–Kier alpha value is -0.610. The van der Waals surface area contributed by atoms with E-state index in [1.807, 2.05) is 13.8 Å². The zero-order valence-corrected chi connectivity index (χ0v) is 12.3. The number of ketones is 1. The topological polar surface area (TPSA) is 49.3 Å². The number of aliphatic hydroxyl groups excluding tert-OH is 1. The molecular formula is C13H19Cl2NO2. The number of hydrogen-bond donors (Lipinski definition) is 2. The quantitative estimate of drug-likeness (QED) is 0.820. The number of rotatable bonds is 5. The van der Waals surface area contributed by atoms with Crippen molar-refractivity contribution in [3.05, 3.63) is 34.9 Å². The van der Waals surface area contributed by atoms with Crippen LogP contribution >= 0.6 is 24.0 Å². The Morgan fingerprint density at radius 1 is 1.50 bits per heavy atom. The lowest BCUT2D eigenvalue weighted by Gasteiger charge is -2.27. The third-order valence-corrected chi connectivity index (χ3v) is 2.74. The van der Waals surface area contributed by atoms with E-state index < -0.39 is 5.54 Å². The van der Waals surface area contributed by atoms with Crippen LogP contribution in [-0.4, -0.2) is 29.1 Å². The minimum Gasteiger partial charge on any atom is -0.394 e. The molecule has 102 valence electrons. The summed E-state index contributed by atoms with van der Waals surface area (Å²) in [5.74, 6) is -0.0333. The molecular weight excluding hydrogens is 273 g/mol. The van der Waals surface area contributed by atoms with Crippen molar-refractivity contribution in [1.29, 1.82) is 0 Å². The summed E-state index contributed by atoms with van der Waals surface area (Å²) in [5.41, 5.74) is 0.0967. The Bertz CT molecular complexity index is 408. The fourth-order valence-corrected chi connectivity index (χ4v) is 1.78. The van der Waals surface area contributed by atoms with Crippen LogP contribution in [0.25, 0.3) is 0 Å². The van der Waals surface area contributed by atoms with E-state index in [4.69, 9.17) is 16.7 Å². The van der Waals surface area contributed by atoms with Crippen LogP contribution in [0.2, 0.25) is 5.02 Å². The van der Waals surface area contributed by atoms with E-state index in [2.05, 4.69) is 5.32 Å². The molecule has 2 N–H and O–H groups in total. The molecule has 5 heteroatoms. The first-order valence-corrected chi connectivity index (χ1v) is 5.92. The zero-order valence-electron chi connectivity index (χ0n) is 10.7. The summed E-state index contributed by atoms with van der Waals surface area (Å²) in [6.07, 6.45) is 0. The third kappa shape index (κ3) is 4.94. The largest absolute Gasteiger partial charge is 0.394 e. The second-order valence-electron chi connectivity index (χ2n) is 4.78. The number of carbonyl (C=O) groups excluding carboxylic acids is 1. The van der Waals surface area contributed by atoms with E-state index in [1.54, 1.807) is 31.2 Å². The number of benzene rings is 1. The first kappa shape index (κ1) is 17.4. The van der Waals surface area contributed by atoms with Crippen LogP contribution in [0, 0.1) is 0 Å². The first-order valence-electron chi connectivity index (χ1n) is 5.54. The molecule has 0 amide bonds. The van der Waals surface area contributed by atoms with Gasteiger partial charge >= 0.3 is 0 Å². The van der Waals surface area contributed by atoms with Crippen molar-refractivity contribution in [2.24, 2.45) is 0 Å². The molecule has 0 spiro atoms. The van der Waals surface area contributed by atoms with E-state index in [-0.39, 0.29) is 30.8 Å². The minimum atomic E-state index is -0.479. The van der Waals surface area contributed by atoms with Gasteiger partial charge in [0.15, 0.2) is 5.78 Å². The lowest BCUT2D eigenvalue weighted by Crippen LogP contribution is -2.50. The summed E-state index contributed by atoms with van der Waals surface area (Å²) in [6.45, 7) is 5.43. The lowest BCUT2D eigenvalue weighted by molar-refractivity contribution is 0.0911. The smallest absolute Gasteiger partial charge is 0.179 e. The molecule has 0 saturated carbocycles. The van der Waals surface area contributed by atoms with Gasteiger partial charge in [-0.05, 0) is 32.9 Å². The molecule has 1 atom stereocenters. The molecule has 18 heavy (non-hydrogen) atoms. The maximum absolute atomic E-state index is 12.1. The Kier molecular flexibility index (Phi) is 6.86. The van der Waals surface area contributed by atoms with Gasteiger partial charge in [-0.1, -0.05) is 23.7 Å². The molecule has 0 radical (unpaired) electrons. The Balaban J connectivity index is 0.00000289. The molecule has 1 unspecified atom stereocenters. The van der Waals surface area contributed by atoms with Crippen molar-refractivity contribution < 1.29 is 9.90 Å². The summed E-state index contributed by atoms with van der Waals surface area (Å²) < 4.78 is 0. The molecule has 3 nitrogen and oxygen atoms in total. The molecule has 0 aromatic heterocycles. The van der Waals surface area contributed by atoms with E-state index in [9.17, 15) is 4.79 Å². The highest BCUT2D eigenvalue weighted by Gasteiger charge is 2.23. The van der Waals surface area contributed by atoms with Crippen LogP contribution in [-0.2, 0) is 0 Å². The van der Waals surface area contributed by atoms with Crippen LogP contribution in [0.3, 0.4) is 0 Å². The number of nitrogens with one attached hydrogen (secondary N) is 1. The first-order chi connectivity index (χ1) is 7.85. The number of hydrogen-bond acceptors (Lipinski definition) is 3. The molecule has 1 aromatic rings. The van der Waals surface area contributed by atoms with Crippen LogP contribution in [0.5, 0.6) is 0 Å². The summed E-state index contributed by atoms with van der Waals surface area (Å²) in [4.78, 5) is 12.1. The van der Waals surface area contributed by atoms with Crippen LogP contribution in [0.1, 0.15) is 31.1 Å². The molecule has 0 aliphatic heterocycles. The Morgan fingerprint density at radius 2 is 2.11 bits per heavy atom. The van der Waals surface area contributed by atoms with Crippen molar-refractivity contribution in [3.8, 4) is 0 Å². The fraction of sp³-hybridized carbons (Fsp3) is 0.462. The number of halogens is 2. The van der Waals surface area contributed by atoms with Gasteiger partial charge in [0.1, 0.15) is 0 Å². The molecule has 0 heterocycles. The summed E-state index contributed by atoms with van der Waals surface area (Å²) >= 11 is 5.84.